The predicted octanol–water partition coefficient (Wildman–Crippen LogP) is 2.15. The summed E-state index contributed by atoms with van der Waals surface area (Å²) in [5.74, 6) is 0.746. The van der Waals surface area contributed by atoms with Gasteiger partial charge in [-0.2, -0.15) is 4.31 Å². The van der Waals surface area contributed by atoms with Gasteiger partial charge in [0.25, 0.3) is 5.91 Å². The molecule has 0 bridgehead atoms. The number of sulfonamides is 1. The average molecular weight is 469 g/mol. The van der Waals surface area contributed by atoms with Gasteiger partial charge in [-0.05, 0) is 30.3 Å². The molecule has 1 amide bonds. The van der Waals surface area contributed by atoms with Gasteiger partial charge in [-0.15, -0.1) is 0 Å². The quantitative estimate of drug-likeness (QED) is 0.692. The molecule has 0 atom stereocenters. The molecule has 0 aromatic heterocycles. The summed E-state index contributed by atoms with van der Waals surface area (Å²) in [6.07, 6.45) is 0. The van der Waals surface area contributed by atoms with Crippen molar-refractivity contribution in [2.75, 3.05) is 51.4 Å². The van der Waals surface area contributed by atoms with Crippen molar-refractivity contribution in [3.63, 3.8) is 0 Å². The fourth-order valence-electron chi connectivity index (χ4n) is 3.19. The number of amides is 1. The van der Waals surface area contributed by atoms with Crippen molar-refractivity contribution in [3.8, 4) is 17.2 Å². The molecule has 166 valence electrons. The number of morpholine rings is 1. The van der Waals surface area contributed by atoms with Crippen molar-refractivity contribution in [1.29, 1.82) is 0 Å². The van der Waals surface area contributed by atoms with Crippen LogP contribution >= 0.6 is 11.6 Å². The molecule has 2 aromatic carbocycles. The van der Waals surface area contributed by atoms with Gasteiger partial charge in [-0.1, -0.05) is 11.6 Å². The highest BCUT2D eigenvalue weighted by atomic mass is 35.5. The van der Waals surface area contributed by atoms with Crippen LogP contribution in [0.4, 0.5) is 5.69 Å². The number of anilines is 1. The summed E-state index contributed by atoms with van der Waals surface area (Å²) in [4.78, 5) is 12.3. The zero-order valence-electron chi connectivity index (χ0n) is 16.5. The van der Waals surface area contributed by atoms with Gasteiger partial charge in [0, 0.05) is 29.9 Å². The Morgan fingerprint density at radius 3 is 2.55 bits per heavy atom. The lowest BCUT2D eigenvalue weighted by Crippen LogP contribution is -2.40. The first kappa shape index (κ1) is 21.7. The van der Waals surface area contributed by atoms with E-state index in [0.29, 0.717) is 43.6 Å². The van der Waals surface area contributed by atoms with Crippen molar-refractivity contribution in [3.05, 3.63) is 41.4 Å². The first-order valence-electron chi connectivity index (χ1n) is 9.63. The van der Waals surface area contributed by atoms with E-state index in [9.17, 15) is 13.2 Å². The molecule has 2 aromatic rings. The van der Waals surface area contributed by atoms with Crippen LogP contribution in [-0.4, -0.2) is 64.8 Å². The molecule has 31 heavy (non-hydrogen) atoms. The number of ether oxygens (including phenoxy) is 4. The van der Waals surface area contributed by atoms with E-state index >= 15 is 0 Å². The number of halogens is 1. The molecule has 9 nitrogen and oxygen atoms in total. The summed E-state index contributed by atoms with van der Waals surface area (Å²) in [5.41, 5.74) is 0.509. The second kappa shape index (κ2) is 9.31. The molecule has 0 unspecified atom stereocenters. The lowest BCUT2D eigenvalue weighted by atomic mass is 10.2. The van der Waals surface area contributed by atoms with Gasteiger partial charge in [0.05, 0.1) is 13.2 Å². The first-order chi connectivity index (χ1) is 14.9. The Morgan fingerprint density at radius 2 is 1.77 bits per heavy atom. The average Bonchev–Trinajstić information content (AvgIpc) is 2.78. The van der Waals surface area contributed by atoms with Crippen LogP contribution in [0.25, 0.3) is 0 Å². The minimum absolute atomic E-state index is 0.0493. The Morgan fingerprint density at radius 1 is 1.03 bits per heavy atom. The molecule has 11 heteroatoms. The van der Waals surface area contributed by atoms with Gasteiger partial charge >= 0.3 is 0 Å². The summed E-state index contributed by atoms with van der Waals surface area (Å²) in [5, 5.41) is 2.94. The third-order valence-corrected chi connectivity index (χ3v) is 6.83. The fourth-order valence-corrected chi connectivity index (χ4v) is 4.99. The van der Waals surface area contributed by atoms with Crippen molar-refractivity contribution >= 4 is 33.2 Å². The third kappa shape index (κ3) is 5.04. The zero-order valence-corrected chi connectivity index (χ0v) is 18.1. The number of rotatable bonds is 6. The molecule has 1 saturated heterocycles. The van der Waals surface area contributed by atoms with Gasteiger partial charge in [0.1, 0.15) is 23.9 Å². The Bertz CT molecular complexity index is 1070. The van der Waals surface area contributed by atoms with Gasteiger partial charge in [-0.25, -0.2) is 8.42 Å². The van der Waals surface area contributed by atoms with E-state index in [0.717, 1.165) is 0 Å². The Labute approximate surface area is 184 Å². The van der Waals surface area contributed by atoms with Crippen LogP contribution in [0.15, 0.2) is 41.3 Å². The molecule has 1 N–H and O–H groups in total. The number of benzene rings is 2. The molecular formula is C20H21ClN2O7S. The van der Waals surface area contributed by atoms with Gasteiger partial charge in [-0.3, -0.25) is 4.79 Å². The second-order valence-corrected chi connectivity index (χ2v) is 9.15. The maximum Gasteiger partial charge on any atom is 0.262 e. The Hall–Kier alpha value is -2.53. The van der Waals surface area contributed by atoms with Crippen LogP contribution in [0, 0.1) is 0 Å². The molecule has 4 rings (SSSR count). The van der Waals surface area contributed by atoms with E-state index in [1.165, 1.54) is 22.5 Å². The first-order valence-corrected chi connectivity index (χ1v) is 11.4. The third-order valence-electron chi connectivity index (χ3n) is 4.68. The van der Waals surface area contributed by atoms with Gasteiger partial charge in [0.15, 0.2) is 18.1 Å². The van der Waals surface area contributed by atoms with Crippen LogP contribution in [0.3, 0.4) is 0 Å². The fraction of sp³-hybridized carbons (Fsp3) is 0.350. The summed E-state index contributed by atoms with van der Waals surface area (Å²) in [6, 6.07) is 9.31. The molecule has 0 spiro atoms. The SMILES string of the molecule is O=C(COc1ccc(Cl)cc1S(=O)(=O)N1CCOCC1)Nc1ccc2c(c1)OCCO2. The van der Waals surface area contributed by atoms with Crippen LogP contribution in [0.1, 0.15) is 0 Å². The van der Waals surface area contributed by atoms with Crippen LogP contribution < -0.4 is 19.5 Å². The number of carbonyl (C=O) groups is 1. The number of nitrogens with zero attached hydrogens (tertiary/aromatic N) is 1. The molecule has 0 aliphatic carbocycles. The number of hydrogen-bond donors (Lipinski definition) is 1. The second-order valence-electron chi connectivity index (χ2n) is 6.80. The van der Waals surface area contributed by atoms with E-state index < -0.39 is 15.9 Å². The minimum atomic E-state index is -3.85. The van der Waals surface area contributed by atoms with Crippen molar-refractivity contribution in [2.24, 2.45) is 0 Å². The van der Waals surface area contributed by atoms with E-state index in [1.807, 2.05) is 0 Å². The zero-order chi connectivity index (χ0) is 21.8. The summed E-state index contributed by atoms with van der Waals surface area (Å²) < 4.78 is 49.1. The number of hydrogen-bond acceptors (Lipinski definition) is 7. The summed E-state index contributed by atoms with van der Waals surface area (Å²) >= 11 is 6.03. The highest BCUT2D eigenvalue weighted by Gasteiger charge is 2.30. The van der Waals surface area contributed by atoms with Crippen molar-refractivity contribution in [1.82, 2.24) is 4.31 Å². The van der Waals surface area contributed by atoms with Crippen LogP contribution in [-0.2, 0) is 19.6 Å². The lowest BCUT2D eigenvalue weighted by Gasteiger charge is -2.26. The predicted molar refractivity (Wildman–Crippen MR) is 113 cm³/mol. The number of fused-ring (bicyclic) bond motifs is 1. The van der Waals surface area contributed by atoms with Crippen molar-refractivity contribution in [2.45, 2.75) is 4.90 Å². The maximum atomic E-state index is 13.0. The monoisotopic (exact) mass is 468 g/mol. The van der Waals surface area contributed by atoms with E-state index in [4.69, 9.17) is 30.5 Å². The molecule has 2 aliphatic rings. The van der Waals surface area contributed by atoms with E-state index in [2.05, 4.69) is 5.32 Å². The normalized spacial score (nSPS) is 16.5. The number of nitrogens with one attached hydrogen (secondary N) is 1. The molecule has 1 fully saturated rings. The smallest absolute Gasteiger partial charge is 0.262 e. The molecular weight excluding hydrogens is 448 g/mol. The van der Waals surface area contributed by atoms with Gasteiger partial charge in [0.2, 0.25) is 10.0 Å². The molecule has 2 heterocycles. The van der Waals surface area contributed by atoms with E-state index in [1.54, 1.807) is 18.2 Å². The molecule has 2 aliphatic heterocycles. The lowest BCUT2D eigenvalue weighted by molar-refractivity contribution is -0.118. The van der Waals surface area contributed by atoms with Gasteiger partial charge < -0.3 is 24.3 Å². The summed E-state index contributed by atoms with van der Waals surface area (Å²) in [7, 11) is -3.85. The van der Waals surface area contributed by atoms with E-state index in [-0.39, 0.29) is 35.4 Å². The Balaban J connectivity index is 1.45. The number of carbonyl (C=O) groups excluding carboxylic acids is 1. The van der Waals surface area contributed by atoms with Crippen LogP contribution in [0.2, 0.25) is 5.02 Å². The topological polar surface area (TPSA) is 103 Å². The minimum Gasteiger partial charge on any atom is -0.486 e. The van der Waals surface area contributed by atoms with Crippen molar-refractivity contribution < 1.29 is 32.2 Å². The largest absolute Gasteiger partial charge is 0.486 e. The highest BCUT2D eigenvalue weighted by Crippen LogP contribution is 2.33. The Kier molecular flexibility index (Phi) is 6.51. The standard InChI is InChI=1S/C20H21ClN2O7S/c21-14-1-3-17(19(11-14)31(25,26)23-5-7-27-8-6-23)30-13-20(24)22-15-2-4-16-18(12-15)29-10-9-28-16/h1-4,11-12H,5-10,13H2,(H,22,24). The van der Waals surface area contributed by atoms with Crippen LogP contribution in [0.5, 0.6) is 17.2 Å². The molecule has 0 radical (unpaired) electrons. The summed E-state index contributed by atoms with van der Waals surface area (Å²) in [6.45, 7) is 1.62. The highest BCUT2D eigenvalue weighted by molar-refractivity contribution is 7.89. The maximum absolute atomic E-state index is 13.0. The molecule has 0 saturated carbocycles.